The Bertz CT molecular complexity index is 952. The number of aromatic nitrogens is 1. The summed E-state index contributed by atoms with van der Waals surface area (Å²) in [6, 6.07) is 9.62. The molecule has 8 heteroatoms. The van der Waals surface area contributed by atoms with Gasteiger partial charge in [0.15, 0.2) is 5.76 Å². The predicted molar refractivity (Wildman–Crippen MR) is 110 cm³/mol. The molecule has 1 unspecified atom stereocenters. The Hall–Kier alpha value is -1.44. The van der Waals surface area contributed by atoms with Gasteiger partial charge in [-0.3, -0.25) is 4.90 Å². The van der Waals surface area contributed by atoms with Gasteiger partial charge in [0.2, 0.25) is 4.33 Å². The van der Waals surface area contributed by atoms with Crippen molar-refractivity contribution in [2.45, 2.75) is 23.2 Å². The second kappa shape index (κ2) is 7.11. The van der Waals surface area contributed by atoms with Crippen LogP contribution in [-0.4, -0.2) is 52.5 Å². The number of aryl methyl sites for hydroxylation is 1. The zero-order chi connectivity index (χ0) is 19.3. The summed E-state index contributed by atoms with van der Waals surface area (Å²) in [7, 11) is 0. The first-order chi connectivity index (χ1) is 13.6. The number of nitrogens with zero attached hydrogens (tertiary/aromatic N) is 2. The number of esters is 1. The van der Waals surface area contributed by atoms with E-state index in [1.54, 1.807) is 11.3 Å². The maximum Gasteiger partial charge on any atom is 0.350 e. The van der Waals surface area contributed by atoms with Crippen LogP contribution in [0.2, 0.25) is 0 Å². The lowest BCUT2D eigenvalue weighted by Crippen LogP contribution is -2.57. The summed E-state index contributed by atoms with van der Waals surface area (Å²) in [6.45, 7) is 2.56. The minimum absolute atomic E-state index is 0.411. The van der Waals surface area contributed by atoms with E-state index in [0.29, 0.717) is 32.1 Å². The summed E-state index contributed by atoms with van der Waals surface area (Å²) in [5, 5.41) is 0.923. The molecule has 0 amide bonds. The number of carbonyl (C=O) groups is 1. The van der Waals surface area contributed by atoms with Crippen molar-refractivity contribution in [3.05, 3.63) is 46.5 Å². The summed E-state index contributed by atoms with van der Waals surface area (Å²) < 4.78 is 9.53. The normalized spacial score (nSPS) is 24.5. The van der Waals surface area contributed by atoms with Gasteiger partial charge in [-0.05, 0) is 18.4 Å². The number of rotatable bonds is 2. The van der Waals surface area contributed by atoms with Crippen molar-refractivity contribution in [3.63, 3.8) is 0 Å². The molecule has 0 saturated carbocycles. The molecule has 1 saturated heterocycles. The lowest BCUT2D eigenvalue weighted by molar-refractivity contribution is -0.140. The lowest BCUT2D eigenvalue weighted by Gasteiger charge is -2.44. The summed E-state index contributed by atoms with van der Waals surface area (Å²) in [5.74, 6) is -0.0204. The molecule has 0 bridgehead atoms. The van der Waals surface area contributed by atoms with Gasteiger partial charge >= 0.3 is 5.97 Å². The highest BCUT2D eigenvalue weighted by atomic mass is 35.5. The van der Waals surface area contributed by atoms with Crippen molar-refractivity contribution in [1.82, 2.24) is 9.88 Å². The Morgan fingerprint density at radius 2 is 1.89 bits per heavy atom. The largest absolute Gasteiger partial charge is 0.423 e. The Labute approximate surface area is 176 Å². The van der Waals surface area contributed by atoms with E-state index in [-0.39, 0.29) is 0 Å². The van der Waals surface area contributed by atoms with Crippen LogP contribution in [0.5, 0.6) is 0 Å². The van der Waals surface area contributed by atoms with Gasteiger partial charge in [-0.25, -0.2) is 9.78 Å². The van der Waals surface area contributed by atoms with Crippen molar-refractivity contribution in [3.8, 4) is 10.6 Å². The molecule has 2 aromatic rings. The average molecular weight is 437 g/mol. The number of benzene rings is 1. The van der Waals surface area contributed by atoms with Crippen molar-refractivity contribution < 1.29 is 14.3 Å². The van der Waals surface area contributed by atoms with Gasteiger partial charge in [0.05, 0.1) is 29.8 Å². The van der Waals surface area contributed by atoms with E-state index in [2.05, 4.69) is 4.90 Å². The maximum atomic E-state index is 12.7. The number of morpholine rings is 1. The van der Waals surface area contributed by atoms with E-state index in [1.165, 1.54) is 0 Å². The Balaban J connectivity index is 1.60. The van der Waals surface area contributed by atoms with Crippen LogP contribution in [0.4, 0.5) is 0 Å². The first kappa shape index (κ1) is 18.6. The molecule has 5 nitrogen and oxygen atoms in total. The van der Waals surface area contributed by atoms with Gasteiger partial charge in [-0.2, -0.15) is 0 Å². The molecule has 2 aliphatic heterocycles. The molecular formula is C20H18Cl2N2O3S. The Morgan fingerprint density at radius 3 is 2.64 bits per heavy atom. The lowest BCUT2D eigenvalue weighted by atomic mass is 9.88. The fraction of sp³-hybridized carbons (Fsp3) is 0.400. The molecular weight excluding hydrogens is 419 g/mol. The molecule has 5 rings (SSSR count). The van der Waals surface area contributed by atoms with Crippen LogP contribution in [0.15, 0.2) is 35.9 Å². The third kappa shape index (κ3) is 2.99. The number of hydrogen-bond acceptors (Lipinski definition) is 6. The Morgan fingerprint density at radius 1 is 1.14 bits per heavy atom. The van der Waals surface area contributed by atoms with Gasteiger partial charge in [0.1, 0.15) is 5.01 Å². The number of thiazole rings is 1. The molecule has 1 aromatic heterocycles. The van der Waals surface area contributed by atoms with Gasteiger partial charge in [0, 0.05) is 18.7 Å². The van der Waals surface area contributed by atoms with Crippen LogP contribution < -0.4 is 0 Å². The van der Waals surface area contributed by atoms with E-state index < -0.39 is 16.3 Å². The molecule has 28 heavy (non-hydrogen) atoms. The third-order valence-corrected chi connectivity index (χ3v) is 7.27. The van der Waals surface area contributed by atoms with Crippen LogP contribution in [0.25, 0.3) is 16.3 Å². The SMILES string of the molecule is O=C1OC2=C(CCc3nc(-c4ccccc4)sc32)C(N2CCOCC2)C1(Cl)Cl. The van der Waals surface area contributed by atoms with Crippen LogP contribution in [-0.2, 0) is 20.7 Å². The molecule has 1 aromatic carbocycles. The first-order valence-corrected chi connectivity index (χ1v) is 10.8. The summed E-state index contributed by atoms with van der Waals surface area (Å²) >= 11 is 14.6. The van der Waals surface area contributed by atoms with Gasteiger partial charge in [-0.15, -0.1) is 11.3 Å². The zero-order valence-electron chi connectivity index (χ0n) is 15.0. The van der Waals surface area contributed by atoms with Crippen LogP contribution >= 0.6 is 34.5 Å². The fourth-order valence-electron chi connectivity index (χ4n) is 4.06. The number of halogens is 2. The second-order valence-electron chi connectivity index (χ2n) is 7.08. The summed E-state index contributed by atoms with van der Waals surface area (Å²) in [4.78, 5) is 20.6. The van der Waals surface area contributed by atoms with E-state index >= 15 is 0 Å². The molecule has 1 atom stereocenters. The number of fused-ring (bicyclic) bond motifs is 2. The van der Waals surface area contributed by atoms with Crippen molar-refractivity contribution in [1.29, 1.82) is 0 Å². The van der Waals surface area contributed by atoms with Crippen LogP contribution in [0.3, 0.4) is 0 Å². The molecule has 3 aliphatic rings. The van der Waals surface area contributed by atoms with Gasteiger partial charge in [-0.1, -0.05) is 53.5 Å². The monoisotopic (exact) mass is 436 g/mol. The van der Waals surface area contributed by atoms with Crippen molar-refractivity contribution >= 4 is 46.3 Å². The molecule has 0 radical (unpaired) electrons. The highest BCUT2D eigenvalue weighted by Gasteiger charge is 2.54. The number of hydrogen-bond donors (Lipinski definition) is 0. The minimum Gasteiger partial charge on any atom is -0.423 e. The maximum absolute atomic E-state index is 12.7. The fourth-order valence-corrected chi connectivity index (χ4v) is 5.82. The van der Waals surface area contributed by atoms with Crippen molar-refractivity contribution in [2.24, 2.45) is 0 Å². The zero-order valence-corrected chi connectivity index (χ0v) is 17.3. The Kier molecular flexibility index (Phi) is 4.72. The second-order valence-corrected chi connectivity index (χ2v) is 9.46. The van der Waals surface area contributed by atoms with E-state index in [0.717, 1.165) is 39.6 Å². The topological polar surface area (TPSA) is 51.7 Å². The van der Waals surface area contributed by atoms with E-state index in [9.17, 15) is 4.79 Å². The predicted octanol–water partition coefficient (Wildman–Crippen LogP) is 3.90. The van der Waals surface area contributed by atoms with Crippen LogP contribution in [0, 0.1) is 0 Å². The number of alkyl halides is 2. The number of carbonyl (C=O) groups excluding carboxylic acids is 1. The molecule has 0 spiro atoms. The van der Waals surface area contributed by atoms with E-state index in [4.69, 9.17) is 37.7 Å². The van der Waals surface area contributed by atoms with Gasteiger partial charge in [0.25, 0.3) is 0 Å². The van der Waals surface area contributed by atoms with Crippen LogP contribution in [0.1, 0.15) is 17.0 Å². The van der Waals surface area contributed by atoms with Crippen molar-refractivity contribution in [2.75, 3.05) is 26.3 Å². The summed E-state index contributed by atoms with van der Waals surface area (Å²) in [5.41, 5.74) is 3.01. The molecule has 146 valence electrons. The first-order valence-electron chi connectivity index (χ1n) is 9.26. The summed E-state index contributed by atoms with van der Waals surface area (Å²) in [6.07, 6.45) is 1.50. The average Bonchev–Trinajstić information content (AvgIpc) is 3.15. The minimum atomic E-state index is -1.62. The van der Waals surface area contributed by atoms with E-state index in [1.807, 2.05) is 30.3 Å². The molecule has 1 aliphatic carbocycles. The standard InChI is InChI=1S/C20H18Cl2N2O3S/c21-20(22)17(24-8-10-26-11-9-24)13-6-7-14-16(15(13)27-19(20)25)28-18(23-14)12-4-2-1-3-5-12/h1-5,17H,6-11H2. The highest BCUT2D eigenvalue weighted by molar-refractivity contribution is 7.16. The number of ether oxygens (including phenoxy) is 2. The third-order valence-electron chi connectivity index (χ3n) is 5.40. The van der Waals surface area contributed by atoms with Gasteiger partial charge < -0.3 is 9.47 Å². The molecule has 3 heterocycles. The highest BCUT2D eigenvalue weighted by Crippen LogP contribution is 2.49. The quantitative estimate of drug-likeness (QED) is 0.527. The smallest absolute Gasteiger partial charge is 0.350 e. The molecule has 0 N–H and O–H groups in total. The molecule has 1 fully saturated rings.